The second kappa shape index (κ2) is 10.0. The Labute approximate surface area is 162 Å². The number of hydrogen-bond donors (Lipinski definition) is 1. The van der Waals surface area contributed by atoms with Crippen LogP contribution in [0.5, 0.6) is 0 Å². The molecule has 0 unspecified atom stereocenters. The van der Waals surface area contributed by atoms with Crippen molar-refractivity contribution in [1.82, 2.24) is 19.7 Å². The minimum Gasteiger partial charge on any atom is -0.308 e. The van der Waals surface area contributed by atoms with E-state index in [1.807, 2.05) is 45.9 Å². The number of benzene rings is 1. The van der Waals surface area contributed by atoms with Crippen LogP contribution in [0.15, 0.2) is 35.1 Å². The number of aromatic nitrogens is 4. The minimum atomic E-state index is -0.381. The number of nitrogens with one attached hydrogen (secondary N) is 1. The summed E-state index contributed by atoms with van der Waals surface area (Å²) < 4.78 is 1.63. The van der Waals surface area contributed by atoms with Crippen LogP contribution in [0.4, 0.5) is 0 Å². The van der Waals surface area contributed by atoms with Crippen molar-refractivity contribution in [2.24, 2.45) is 7.05 Å². The van der Waals surface area contributed by atoms with Crippen molar-refractivity contribution in [2.45, 2.75) is 66.7 Å². The first-order chi connectivity index (χ1) is 12.9. The maximum atomic E-state index is 12.6. The van der Waals surface area contributed by atoms with Crippen LogP contribution in [0, 0.1) is 0 Å². The molecule has 2 aromatic heterocycles. The summed E-state index contributed by atoms with van der Waals surface area (Å²) >= 11 is 0. The lowest BCUT2D eigenvalue weighted by Gasteiger charge is -2.24. The molecule has 3 aromatic rings. The minimum absolute atomic E-state index is 0.133. The van der Waals surface area contributed by atoms with Crippen LogP contribution < -0.4 is 5.56 Å². The van der Waals surface area contributed by atoms with Crippen LogP contribution in [0.25, 0.3) is 11.0 Å². The van der Waals surface area contributed by atoms with E-state index in [9.17, 15) is 4.79 Å². The number of hydrogen-bond acceptors (Lipinski definition) is 3. The fourth-order valence-electron chi connectivity index (χ4n) is 2.94. The van der Waals surface area contributed by atoms with E-state index in [-0.39, 0.29) is 11.0 Å². The maximum absolute atomic E-state index is 12.6. The third-order valence-electron chi connectivity index (χ3n) is 4.34. The molecule has 5 heteroatoms. The lowest BCUT2D eigenvalue weighted by Crippen LogP contribution is -2.26. The Balaban J connectivity index is 0.000000855. The second-order valence-electron chi connectivity index (χ2n) is 6.42. The molecular weight excluding hydrogens is 336 g/mol. The highest BCUT2D eigenvalue weighted by Crippen LogP contribution is 2.29. The third-order valence-corrected chi connectivity index (χ3v) is 4.34. The zero-order chi connectivity index (χ0) is 20.6. The molecule has 0 aliphatic heterocycles. The highest BCUT2D eigenvalue weighted by Gasteiger charge is 2.27. The summed E-state index contributed by atoms with van der Waals surface area (Å²) in [4.78, 5) is 20.3. The van der Waals surface area contributed by atoms with Gasteiger partial charge >= 0.3 is 0 Å². The molecule has 0 saturated carbocycles. The van der Waals surface area contributed by atoms with Crippen LogP contribution in [0.3, 0.4) is 0 Å². The third kappa shape index (κ3) is 4.65. The van der Waals surface area contributed by atoms with Gasteiger partial charge in [-0.2, -0.15) is 5.10 Å². The zero-order valence-electron chi connectivity index (χ0n) is 18.1. The summed E-state index contributed by atoms with van der Waals surface area (Å²) in [6.45, 7) is 14.2. The fraction of sp³-hybridized carbons (Fsp3) is 0.500. The van der Waals surface area contributed by atoms with E-state index in [1.54, 1.807) is 11.7 Å². The molecule has 148 valence electrons. The Morgan fingerprint density at radius 3 is 2.22 bits per heavy atom. The molecule has 0 amide bonds. The van der Waals surface area contributed by atoms with E-state index in [2.05, 4.69) is 43.0 Å². The Morgan fingerprint density at radius 1 is 1.07 bits per heavy atom. The monoisotopic (exact) mass is 370 g/mol. The highest BCUT2D eigenvalue weighted by atomic mass is 16.1. The van der Waals surface area contributed by atoms with Crippen molar-refractivity contribution >= 4 is 11.0 Å². The van der Waals surface area contributed by atoms with Gasteiger partial charge in [0.15, 0.2) is 5.52 Å². The average molecular weight is 371 g/mol. The van der Waals surface area contributed by atoms with Gasteiger partial charge in [0.1, 0.15) is 11.3 Å². The molecular formula is C22H34N4O. The number of aromatic amines is 1. The standard InChI is InChI=1S/C18H22N4O.2C2H6/c1-5-9-13-14-15(22(4)21-13)16(23)20-17(19-14)18(2,3)12-10-7-6-8-11-12;2*1-2/h6-8,10-11H,5,9H2,1-4H3,(H,19,20,23);2*1-2H3. The van der Waals surface area contributed by atoms with Crippen LogP contribution in [-0.4, -0.2) is 19.7 Å². The van der Waals surface area contributed by atoms with Gasteiger partial charge in [0.25, 0.3) is 5.56 Å². The molecule has 0 saturated heterocycles. The van der Waals surface area contributed by atoms with Crippen molar-refractivity contribution in [2.75, 3.05) is 0 Å². The van der Waals surface area contributed by atoms with Crippen molar-refractivity contribution in [1.29, 1.82) is 0 Å². The summed E-state index contributed by atoms with van der Waals surface area (Å²) in [5.74, 6) is 0.673. The number of rotatable bonds is 4. The van der Waals surface area contributed by atoms with E-state index >= 15 is 0 Å². The largest absolute Gasteiger partial charge is 0.308 e. The van der Waals surface area contributed by atoms with E-state index in [0.717, 1.165) is 29.6 Å². The first kappa shape index (κ1) is 22.6. The number of fused-ring (bicyclic) bond motifs is 1. The van der Waals surface area contributed by atoms with Gasteiger partial charge in [0.05, 0.1) is 5.69 Å². The van der Waals surface area contributed by atoms with Gasteiger partial charge in [-0.25, -0.2) is 4.98 Å². The summed E-state index contributed by atoms with van der Waals surface area (Å²) in [7, 11) is 1.79. The molecule has 0 radical (unpaired) electrons. The average Bonchev–Trinajstić information content (AvgIpc) is 3.02. The van der Waals surface area contributed by atoms with Gasteiger partial charge in [-0.05, 0) is 25.8 Å². The van der Waals surface area contributed by atoms with Crippen molar-refractivity contribution in [3.63, 3.8) is 0 Å². The summed E-state index contributed by atoms with van der Waals surface area (Å²) in [6.07, 6.45) is 1.79. The first-order valence-corrected chi connectivity index (χ1v) is 9.97. The van der Waals surface area contributed by atoms with Crippen LogP contribution in [0.1, 0.15) is 72.0 Å². The molecule has 0 aliphatic rings. The normalized spacial score (nSPS) is 10.7. The molecule has 0 spiro atoms. The van der Waals surface area contributed by atoms with Gasteiger partial charge in [0.2, 0.25) is 0 Å². The van der Waals surface area contributed by atoms with E-state index < -0.39 is 0 Å². The smallest absolute Gasteiger partial charge is 0.277 e. The van der Waals surface area contributed by atoms with Gasteiger partial charge in [0, 0.05) is 12.5 Å². The van der Waals surface area contributed by atoms with Crippen LogP contribution in [-0.2, 0) is 18.9 Å². The number of nitrogens with zero attached hydrogens (tertiary/aromatic N) is 3. The molecule has 1 aromatic carbocycles. The van der Waals surface area contributed by atoms with Crippen molar-refractivity contribution in [3.8, 4) is 0 Å². The second-order valence-corrected chi connectivity index (χ2v) is 6.42. The quantitative estimate of drug-likeness (QED) is 0.704. The molecule has 2 heterocycles. The predicted octanol–water partition coefficient (Wildman–Crippen LogP) is 4.99. The van der Waals surface area contributed by atoms with Crippen molar-refractivity contribution in [3.05, 3.63) is 57.8 Å². The molecule has 27 heavy (non-hydrogen) atoms. The maximum Gasteiger partial charge on any atom is 0.277 e. The molecule has 5 nitrogen and oxygen atoms in total. The van der Waals surface area contributed by atoms with E-state index in [0.29, 0.717) is 11.3 Å². The molecule has 0 atom stereocenters. The lowest BCUT2D eigenvalue weighted by atomic mass is 9.84. The van der Waals surface area contributed by atoms with Gasteiger partial charge in [-0.15, -0.1) is 0 Å². The zero-order valence-corrected chi connectivity index (χ0v) is 18.1. The van der Waals surface area contributed by atoms with Gasteiger partial charge in [-0.3, -0.25) is 9.48 Å². The summed E-state index contributed by atoms with van der Waals surface area (Å²) in [5.41, 5.74) is 2.75. The molecule has 1 N–H and O–H groups in total. The fourth-order valence-corrected chi connectivity index (χ4v) is 2.94. The predicted molar refractivity (Wildman–Crippen MR) is 114 cm³/mol. The van der Waals surface area contributed by atoms with E-state index in [4.69, 9.17) is 4.98 Å². The van der Waals surface area contributed by atoms with Crippen LogP contribution >= 0.6 is 0 Å². The Hall–Kier alpha value is -2.43. The lowest BCUT2D eigenvalue weighted by molar-refractivity contribution is 0.590. The number of H-pyrrole nitrogens is 1. The van der Waals surface area contributed by atoms with Gasteiger partial charge < -0.3 is 4.98 Å². The van der Waals surface area contributed by atoms with Crippen molar-refractivity contribution < 1.29 is 0 Å². The Bertz CT molecular complexity index is 892. The summed E-state index contributed by atoms with van der Waals surface area (Å²) in [6, 6.07) is 10.1. The topological polar surface area (TPSA) is 63.6 Å². The highest BCUT2D eigenvalue weighted by molar-refractivity contribution is 5.76. The van der Waals surface area contributed by atoms with Crippen LogP contribution in [0.2, 0.25) is 0 Å². The Kier molecular flexibility index (Phi) is 8.41. The van der Waals surface area contributed by atoms with E-state index in [1.165, 1.54) is 0 Å². The molecule has 3 rings (SSSR count). The molecule has 0 aliphatic carbocycles. The molecule has 0 fully saturated rings. The SMILES string of the molecule is CC.CC.CCCc1nn(C)c2c(=O)[nH]c(C(C)(C)c3ccccc3)nc12. The summed E-state index contributed by atoms with van der Waals surface area (Å²) in [5, 5.41) is 4.47. The molecule has 0 bridgehead atoms. The Morgan fingerprint density at radius 2 is 1.67 bits per heavy atom. The first-order valence-electron chi connectivity index (χ1n) is 9.97. The number of aryl methyl sites for hydroxylation is 2. The van der Waals surface area contributed by atoms with Gasteiger partial charge in [-0.1, -0.05) is 71.4 Å².